The van der Waals surface area contributed by atoms with Crippen molar-refractivity contribution in [2.45, 2.75) is 38.6 Å². The Labute approximate surface area is 144 Å². The fourth-order valence-corrected chi connectivity index (χ4v) is 4.42. The van der Waals surface area contributed by atoms with Gasteiger partial charge in [-0.1, -0.05) is 6.08 Å². The van der Waals surface area contributed by atoms with E-state index in [1.54, 1.807) is 17.9 Å². The standard InChI is InChI=1S/C16H27N3O4S/c1-4-9-19-12-16(6-5-14(19)20)7-10-18(11-8-16)15(21)13(2)17-24(3,22)23/h4,13,17H,1,5-12H2,2-3H3/t13-/m0/s1. The van der Waals surface area contributed by atoms with Crippen LogP contribution in [0.5, 0.6) is 0 Å². The molecule has 2 saturated heterocycles. The van der Waals surface area contributed by atoms with E-state index in [2.05, 4.69) is 11.3 Å². The number of carbonyl (C=O) groups is 2. The number of hydrogen-bond acceptors (Lipinski definition) is 4. The van der Waals surface area contributed by atoms with Crippen LogP contribution in [0.2, 0.25) is 0 Å². The molecule has 24 heavy (non-hydrogen) atoms. The van der Waals surface area contributed by atoms with Gasteiger partial charge in [0.25, 0.3) is 0 Å². The van der Waals surface area contributed by atoms with Crippen LogP contribution in [0.4, 0.5) is 0 Å². The summed E-state index contributed by atoms with van der Waals surface area (Å²) < 4.78 is 24.9. The van der Waals surface area contributed by atoms with Gasteiger partial charge in [-0.15, -0.1) is 6.58 Å². The second-order valence-electron chi connectivity index (χ2n) is 7.00. The van der Waals surface area contributed by atoms with Crippen LogP contribution in [0, 0.1) is 5.41 Å². The molecule has 2 heterocycles. The van der Waals surface area contributed by atoms with Crippen LogP contribution in [-0.4, -0.2) is 68.5 Å². The van der Waals surface area contributed by atoms with E-state index in [0.29, 0.717) is 26.1 Å². The highest BCUT2D eigenvalue weighted by Crippen LogP contribution is 2.40. The predicted molar refractivity (Wildman–Crippen MR) is 91.7 cm³/mol. The summed E-state index contributed by atoms with van der Waals surface area (Å²) >= 11 is 0. The van der Waals surface area contributed by atoms with Gasteiger partial charge in [0.2, 0.25) is 21.8 Å². The molecule has 0 aliphatic carbocycles. The number of amides is 2. The van der Waals surface area contributed by atoms with E-state index in [0.717, 1.165) is 32.1 Å². The number of carbonyl (C=O) groups excluding carboxylic acids is 2. The molecule has 7 nitrogen and oxygen atoms in total. The van der Waals surface area contributed by atoms with Crippen molar-refractivity contribution in [1.29, 1.82) is 0 Å². The maximum absolute atomic E-state index is 12.4. The van der Waals surface area contributed by atoms with Crippen molar-refractivity contribution in [2.75, 3.05) is 32.4 Å². The maximum atomic E-state index is 12.4. The van der Waals surface area contributed by atoms with Crippen molar-refractivity contribution in [3.05, 3.63) is 12.7 Å². The number of nitrogens with zero attached hydrogens (tertiary/aromatic N) is 2. The largest absolute Gasteiger partial charge is 0.341 e. The van der Waals surface area contributed by atoms with Crippen LogP contribution in [0.3, 0.4) is 0 Å². The minimum atomic E-state index is -3.40. The minimum absolute atomic E-state index is 0.0706. The van der Waals surface area contributed by atoms with Crippen molar-refractivity contribution in [1.82, 2.24) is 14.5 Å². The molecule has 2 amide bonds. The van der Waals surface area contributed by atoms with E-state index in [1.807, 2.05) is 4.90 Å². The Morgan fingerprint density at radius 1 is 1.38 bits per heavy atom. The van der Waals surface area contributed by atoms with Gasteiger partial charge >= 0.3 is 0 Å². The zero-order valence-electron chi connectivity index (χ0n) is 14.5. The quantitative estimate of drug-likeness (QED) is 0.719. The van der Waals surface area contributed by atoms with E-state index in [1.165, 1.54) is 0 Å². The molecule has 0 aromatic carbocycles. The smallest absolute Gasteiger partial charge is 0.240 e. The molecular formula is C16H27N3O4S. The number of hydrogen-bond donors (Lipinski definition) is 1. The summed E-state index contributed by atoms with van der Waals surface area (Å²) in [5.41, 5.74) is 0.0706. The highest BCUT2D eigenvalue weighted by Gasteiger charge is 2.41. The Morgan fingerprint density at radius 3 is 2.54 bits per heavy atom. The van der Waals surface area contributed by atoms with Crippen molar-refractivity contribution in [3.8, 4) is 0 Å². The van der Waals surface area contributed by atoms with Gasteiger partial charge in [0.1, 0.15) is 0 Å². The summed E-state index contributed by atoms with van der Waals surface area (Å²) in [6.07, 6.45) is 5.88. The minimum Gasteiger partial charge on any atom is -0.341 e. The van der Waals surface area contributed by atoms with Crippen LogP contribution in [-0.2, 0) is 19.6 Å². The van der Waals surface area contributed by atoms with Crippen LogP contribution < -0.4 is 4.72 Å². The number of likely N-dealkylation sites (tertiary alicyclic amines) is 2. The summed E-state index contributed by atoms with van der Waals surface area (Å²) in [5.74, 6) is -0.0184. The van der Waals surface area contributed by atoms with E-state index in [4.69, 9.17) is 0 Å². The second-order valence-corrected chi connectivity index (χ2v) is 8.78. The molecule has 2 fully saturated rings. The number of rotatable bonds is 5. The van der Waals surface area contributed by atoms with E-state index in [-0.39, 0.29) is 17.2 Å². The molecule has 0 aromatic heterocycles. The normalized spacial score (nSPS) is 22.5. The summed E-state index contributed by atoms with van der Waals surface area (Å²) in [7, 11) is -3.40. The zero-order chi connectivity index (χ0) is 18.0. The van der Waals surface area contributed by atoms with Gasteiger partial charge in [-0.25, -0.2) is 13.1 Å². The molecule has 2 aliphatic heterocycles. The third kappa shape index (κ3) is 4.57. The molecule has 0 unspecified atom stereocenters. The van der Waals surface area contributed by atoms with Crippen LogP contribution >= 0.6 is 0 Å². The zero-order valence-corrected chi connectivity index (χ0v) is 15.3. The fraction of sp³-hybridized carbons (Fsp3) is 0.750. The average Bonchev–Trinajstić information content (AvgIpc) is 2.50. The van der Waals surface area contributed by atoms with Crippen molar-refractivity contribution in [2.24, 2.45) is 5.41 Å². The molecule has 1 atom stereocenters. The lowest BCUT2D eigenvalue weighted by atomic mass is 9.72. The Kier molecular flexibility index (Phi) is 5.70. The molecule has 8 heteroatoms. The fourth-order valence-electron chi connectivity index (χ4n) is 3.68. The lowest BCUT2D eigenvalue weighted by molar-refractivity contribution is -0.142. The molecule has 0 saturated carbocycles. The molecule has 0 radical (unpaired) electrons. The number of nitrogens with one attached hydrogen (secondary N) is 1. The van der Waals surface area contributed by atoms with E-state index in [9.17, 15) is 18.0 Å². The van der Waals surface area contributed by atoms with E-state index < -0.39 is 16.1 Å². The molecule has 1 N–H and O–H groups in total. The molecule has 2 aliphatic rings. The van der Waals surface area contributed by atoms with Crippen molar-refractivity contribution in [3.63, 3.8) is 0 Å². The number of sulfonamides is 1. The second kappa shape index (κ2) is 7.23. The Hall–Kier alpha value is -1.41. The molecule has 2 rings (SSSR count). The first-order valence-corrected chi connectivity index (χ1v) is 10.2. The lowest BCUT2D eigenvalue weighted by Crippen LogP contribution is -2.54. The van der Waals surface area contributed by atoms with Gasteiger partial charge in [0, 0.05) is 32.6 Å². The first-order chi connectivity index (χ1) is 11.2. The molecule has 0 bridgehead atoms. The van der Waals surface area contributed by atoms with Crippen LogP contribution in [0.15, 0.2) is 12.7 Å². The Morgan fingerprint density at radius 2 is 2.00 bits per heavy atom. The van der Waals surface area contributed by atoms with Gasteiger partial charge in [0.15, 0.2) is 0 Å². The predicted octanol–water partition coefficient (Wildman–Crippen LogP) is 0.341. The van der Waals surface area contributed by atoms with Crippen molar-refractivity contribution < 1.29 is 18.0 Å². The van der Waals surface area contributed by atoms with Crippen molar-refractivity contribution >= 4 is 21.8 Å². The highest BCUT2D eigenvalue weighted by molar-refractivity contribution is 7.88. The van der Waals surface area contributed by atoms with Gasteiger partial charge in [0.05, 0.1) is 12.3 Å². The highest BCUT2D eigenvalue weighted by atomic mass is 32.2. The molecule has 1 spiro atoms. The Balaban J connectivity index is 1.94. The topological polar surface area (TPSA) is 86.8 Å². The first kappa shape index (κ1) is 18.9. The summed E-state index contributed by atoms with van der Waals surface area (Å²) in [4.78, 5) is 27.9. The van der Waals surface area contributed by atoms with Gasteiger partial charge < -0.3 is 9.80 Å². The van der Waals surface area contributed by atoms with Crippen LogP contribution in [0.25, 0.3) is 0 Å². The SMILES string of the molecule is C=CCN1CC2(CCC1=O)CCN(C(=O)[C@H](C)NS(C)(=O)=O)CC2. The summed E-state index contributed by atoms with van der Waals surface area (Å²) in [6, 6.07) is -0.751. The lowest BCUT2D eigenvalue weighted by Gasteiger charge is -2.47. The van der Waals surface area contributed by atoms with E-state index >= 15 is 0 Å². The van der Waals surface area contributed by atoms with Gasteiger partial charge in [-0.2, -0.15) is 0 Å². The number of piperidine rings is 2. The monoisotopic (exact) mass is 357 g/mol. The van der Waals surface area contributed by atoms with Crippen LogP contribution in [0.1, 0.15) is 32.6 Å². The average molecular weight is 357 g/mol. The molecular weight excluding hydrogens is 330 g/mol. The maximum Gasteiger partial charge on any atom is 0.240 e. The molecule has 136 valence electrons. The third-order valence-electron chi connectivity index (χ3n) is 4.99. The van der Waals surface area contributed by atoms with Gasteiger partial charge in [-0.05, 0) is 31.6 Å². The van der Waals surface area contributed by atoms with Gasteiger partial charge in [-0.3, -0.25) is 9.59 Å². The first-order valence-electron chi connectivity index (χ1n) is 8.31. The summed E-state index contributed by atoms with van der Waals surface area (Å²) in [6.45, 7) is 7.76. The molecule has 0 aromatic rings. The Bertz CT molecular complexity index is 609. The summed E-state index contributed by atoms with van der Waals surface area (Å²) in [5, 5.41) is 0. The third-order valence-corrected chi connectivity index (χ3v) is 5.78.